The van der Waals surface area contributed by atoms with E-state index in [1.165, 1.54) is 18.9 Å². The molecule has 32 heavy (non-hydrogen) atoms. The van der Waals surface area contributed by atoms with Gasteiger partial charge in [0.15, 0.2) is 11.6 Å². The molecular formula is C21H24N8O3. The highest BCUT2D eigenvalue weighted by molar-refractivity contribution is 5.91. The van der Waals surface area contributed by atoms with Crippen molar-refractivity contribution in [2.24, 2.45) is 5.92 Å². The minimum Gasteiger partial charge on any atom is -0.459 e. The molecule has 5 rings (SSSR count). The maximum absolute atomic E-state index is 13.2. The van der Waals surface area contributed by atoms with Gasteiger partial charge in [0, 0.05) is 45.3 Å². The quantitative estimate of drug-likeness (QED) is 0.592. The highest BCUT2D eigenvalue weighted by atomic mass is 16.3. The molecular weight excluding hydrogens is 412 g/mol. The molecule has 0 N–H and O–H groups in total. The molecule has 1 unspecified atom stereocenters. The topological polar surface area (TPSA) is 113 Å². The van der Waals surface area contributed by atoms with Gasteiger partial charge in [0.25, 0.3) is 5.91 Å². The van der Waals surface area contributed by atoms with Gasteiger partial charge >= 0.3 is 0 Å². The fourth-order valence-corrected chi connectivity index (χ4v) is 4.29. The second-order valence-electron chi connectivity index (χ2n) is 7.95. The Morgan fingerprint density at radius 1 is 1.00 bits per heavy atom. The second kappa shape index (κ2) is 8.77. The van der Waals surface area contributed by atoms with Crippen LogP contribution in [-0.4, -0.2) is 85.6 Å². The number of aromatic nitrogens is 5. The number of carbonyl (C=O) groups excluding carboxylic acids is 2. The van der Waals surface area contributed by atoms with Crippen LogP contribution in [-0.2, 0) is 4.79 Å². The zero-order valence-electron chi connectivity index (χ0n) is 17.6. The number of piperidine rings is 1. The fraction of sp³-hybridized carbons (Fsp3) is 0.429. The standard InChI is InChI=1S/C21H24N8O3/c30-20(26-6-8-27(9-7-26)21(31)17-4-2-10-32-17)16-3-1-5-28(12-16)18-11-19(24-14-23-18)29-15-22-13-25-29/h2,4,10-11,13-16H,1,3,5-9,12H2. The first-order valence-electron chi connectivity index (χ1n) is 10.7. The molecule has 11 heteroatoms. The van der Waals surface area contributed by atoms with E-state index in [1.54, 1.807) is 28.0 Å². The lowest BCUT2D eigenvalue weighted by atomic mass is 9.96. The van der Waals surface area contributed by atoms with Gasteiger partial charge in [-0.15, -0.1) is 0 Å². The zero-order valence-corrected chi connectivity index (χ0v) is 17.6. The summed E-state index contributed by atoms with van der Waals surface area (Å²) in [5, 5.41) is 4.11. The minimum atomic E-state index is -0.127. The molecule has 0 radical (unpaired) electrons. The van der Waals surface area contributed by atoms with Gasteiger partial charge in [0.05, 0.1) is 12.2 Å². The zero-order chi connectivity index (χ0) is 21.9. The van der Waals surface area contributed by atoms with Crippen molar-refractivity contribution < 1.29 is 14.0 Å². The van der Waals surface area contributed by atoms with E-state index in [-0.39, 0.29) is 17.7 Å². The Labute approximate surface area is 184 Å². The van der Waals surface area contributed by atoms with Crippen LogP contribution < -0.4 is 4.90 Å². The molecule has 0 aliphatic carbocycles. The minimum absolute atomic E-state index is 0.0964. The Morgan fingerprint density at radius 2 is 1.81 bits per heavy atom. The van der Waals surface area contributed by atoms with Crippen molar-refractivity contribution in [1.29, 1.82) is 0 Å². The highest BCUT2D eigenvalue weighted by Crippen LogP contribution is 2.24. The van der Waals surface area contributed by atoms with E-state index in [0.717, 1.165) is 25.2 Å². The summed E-state index contributed by atoms with van der Waals surface area (Å²) < 4.78 is 6.79. The average molecular weight is 436 g/mol. The Hall–Kier alpha value is -3.76. The van der Waals surface area contributed by atoms with Gasteiger partial charge in [-0.2, -0.15) is 5.10 Å². The van der Waals surface area contributed by atoms with Gasteiger partial charge < -0.3 is 19.1 Å². The van der Waals surface area contributed by atoms with Crippen LogP contribution in [0.4, 0.5) is 5.82 Å². The van der Waals surface area contributed by atoms with Crippen LogP contribution in [0.15, 0.2) is 47.9 Å². The van der Waals surface area contributed by atoms with Gasteiger partial charge in [-0.3, -0.25) is 9.59 Å². The Morgan fingerprint density at radius 3 is 2.56 bits per heavy atom. The van der Waals surface area contributed by atoms with E-state index < -0.39 is 0 Å². The molecule has 1 atom stereocenters. The number of hydrogen-bond donors (Lipinski definition) is 0. The summed E-state index contributed by atoms with van der Waals surface area (Å²) in [4.78, 5) is 44.0. The smallest absolute Gasteiger partial charge is 0.289 e. The number of rotatable bonds is 4. The maximum Gasteiger partial charge on any atom is 0.289 e. The SMILES string of the molecule is O=C(c1ccco1)N1CCN(C(=O)C2CCCN(c3cc(-n4cncn4)ncn3)C2)CC1. The molecule has 5 heterocycles. The number of piperazine rings is 1. The number of nitrogens with zero attached hydrogens (tertiary/aromatic N) is 8. The van der Waals surface area contributed by atoms with Gasteiger partial charge in [-0.05, 0) is 25.0 Å². The lowest BCUT2D eigenvalue weighted by molar-refractivity contribution is -0.137. The first kappa shape index (κ1) is 20.2. The number of furan rings is 1. The molecule has 3 aromatic heterocycles. The summed E-state index contributed by atoms with van der Waals surface area (Å²) in [5.41, 5.74) is 0. The summed E-state index contributed by atoms with van der Waals surface area (Å²) in [6, 6.07) is 5.23. The van der Waals surface area contributed by atoms with Crippen LogP contribution >= 0.6 is 0 Å². The Bertz CT molecular complexity index is 1060. The summed E-state index contributed by atoms with van der Waals surface area (Å²) in [7, 11) is 0. The molecule has 0 bridgehead atoms. The van der Waals surface area contributed by atoms with Crippen molar-refractivity contribution in [2.45, 2.75) is 12.8 Å². The first-order chi connectivity index (χ1) is 15.7. The third-order valence-corrected chi connectivity index (χ3v) is 6.00. The van der Waals surface area contributed by atoms with Crippen LogP contribution in [0.5, 0.6) is 0 Å². The molecule has 3 aromatic rings. The van der Waals surface area contributed by atoms with E-state index >= 15 is 0 Å². The monoisotopic (exact) mass is 436 g/mol. The maximum atomic E-state index is 13.2. The highest BCUT2D eigenvalue weighted by Gasteiger charge is 2.33. The van der Waals surface area contributed by atoms with Crippen LogP contribution in [0.3, 0.4) is 0 Å². The lowest BCUT2D eigenvalue weighted by Crippen LogP contribution is -2.53. The second-order valence-corrected chi connectivity index (χ2v) is 7.95. The van der Waals surface area contributed by atoms with Crippen molar-refractivity contribution in [3.63, 3.8) is 0 Å². The Kier molecular flexibility index (Phi) is 5.53. The van der Waals surface area contributed by atoms with Crippen molar-refractivity contribution >= 4 is 17.6 Å². The number of carbonyl (C=O) groups is 2. The average Bonchev–Trinajstić information content (AvgIpc) is 3.58. The van der Waals surface area contributed by atoms with E-state index in [9.17, 15) is 9.59 Å². The van der Waals surface area contributed by atoms with Crippen molar-refractivity contribution in [3.05, 3.63) is 49.2 Å². The predicted octanol–water partition coefficient (Wildman–Crippen LogP) is 0.851. The fourth-order valence-electron chi connectivity index (χ4n) is 4.29. The largest absolute Gasteiger partial charge is 0.459 e. The molecule has 0 saturated carbocycles. The summed E-state index contributed by atoms with van der Waals surface area (Å²) in [6.45, 7) is 3.53. The van der Waals surface area contributed by atoms with Crippen LogP contribution in [0.25, 0.3) is 5.82 Å². The van der Waals surface area contributed by atoms with Crippen LogP contribution in [0, 0.1) is 5.92 Å². The van der Waals surface area contributed by atoms with E-state index in [4.69, 9.17) is 4.42 Å². The molecule has 0 aromatic carbocycles. The molecule has 2 fully saturated rings. The molecule has 0 spiro atoms. The molecule has 2 aliphatic heterocycles. The van der Waals surface area contributed by atoms with Crippen LogP contribution in [0.2, 0.25) is 0 Å². The van der Waals surface area contributed by atoms with Gasteiger partial charge in [-0.1, -0.05) is 0 Å². The summed E-state index contributed by atoms with van der Waals surface area (Å²) in [6.07, 6.45) is 7.81. The van der Waals surface area contributed by atoms with E-state index in [1.807, 2.05) is 11.0 Å². The Balaban J connectivity index is 1.20. The molecule has 11 nitrogen and oxygen atoms in total. The number of anilines is 1. The van der Waals surface area contributed by atoms with Gasteiger partial charge in [0.1, 0.15) is 24.8 Å². The van der Waals surface area contributed by atoms with Gasteiger partial charge in [-0.25, -0.2) is 19.6 Å². The summed E-state index contributed by atoms with van der Waals surface area (Å²) in [5.74, 6) is 1.67. The molecule has 2 saturated heterocycles. The molecule has 2 aliphatic rings. The molecule has 2 amide bonds. The number of hydrogen-bond acceptors (Lipinski definition) is 8. The van der Waals surface area contributed by atoms with E-state index in [2.05, 4.69) is 25.0 Å². The lowest BCUT2D eigenvalue weighted by Gasteiger charge is -2.39. The van der Waals surface area contributed by atoms with Gasteiger partial charge in [0.2, 0.25) is 5.91 Å². The third-order valence-electron chi connectivity index (χ3n) is 6.00. The predicted molar refractivity (Wildman–Crippen MR) is 113 cm³/mol. The summed E-state index contributed by atoms with van der Waals surface area (Å²) >= 11 is 0. The van der Waals surface area contributed by atoms with Crippen molar-refractivity contribution in [1.82, 2.24) is 34.5 Å². The van der Waals surface area contributed by atoms with E-state index in [0.29, 0.717) is 44.3 Å². The number of amides is 2. The first-order valence-corrected chi connectivity index (χ1v) is 10.7. The van der Waals surface area contributed by atoms with Crippen molar-refractivity contribution in [2.75, 3.05) is 44.2 Å². The van der Waals surface area contributed by atoms with Crippen molar-refractivity contribution in [3.8, 4) is 5.82 Å². The molecule has 166 valence electrons. The third kappa shape index (κ3) is 4.05. The normalized spacial score (nSPS) is 19.2. The van der Waals surface area contributed by atoms with Crippen LogP contribution in [0.1, 0.15) is 23.4 Å².